The van der Waals surface area contributed by atoms with Crippen molar-refractivity contribution in [3.05, 3.63) is 89.7 Å². The van der Waals surface area contributed by atoms with E-state index in [1.54, 1.807) is 21.3 Å². The van der Waals surface area contributed by atoms with Crippen LogP contribution in [0.4, 0.5) is 5.95 Å². The summed E-state index contributed by atoms with van der Waals surface area (Å²) in [6, 6.07) is 23.8. The number of para-hydroxylation sites is 1. The summed E-state index contributed by atoms with van der Waals surface area (Å²) < 4.78 is 17.9. The van der Waals surface area contributed by atoms with Gasteiger partial charge in [0.25, 0.3) is 0 Å². The fourth-order valence-electron chi connectivity index (χ4n) is 3.41. The summed E-state index contributed by atoms with van der Waals surface area (Å²) in [6.07, 6.45) is 0.590. The molecular weight excluding hydrogens is 404 g/mol. The number of nitrogens with zero attached hydrogens (tertiary/aromatic N) is 3. The van der Waals surface area contributed by atoms with E-state index in [1.807, 2.05) is 77.5 Å². The molecule has 0 bridgehead atoms. The highest BCUT2D eigenvalue weighted by atomic mass is 16.5. The van der Waals surface area contributed by atoms with Crippen LogP contribution in [0.25, 0.3) is 5.69 Å². The Bertz CT molecular complexity index is 1160. The monoisotopic (exact) mass is 430 g/mol. The van der Waals surface area contributed by atoms with Crippen LogP contribution >= 0.6 is 0 Å². The molecule has 0 unspecified atom stereocenters. The van der Waals surface area contributed by atoms with E-state index in [1.165, 1.54) is 0 Å². The molecule has 3 aromatic carbocycles. The first kappa shape index (κ1) is 21.2. The number of anilines is 1. The van der Waals surface area contributed by atoms with E-state index in [9.17, 15) is 0 Å². The number of aromatic nitrogens is 3. The minimum atomic E-state index is 0.570. The largest absolute Gasteiger partial charge is 0.497 e. The summed E-state index contributed by atoms with van der Waals surface area (Å²) in [5, 5.41) is 8.04. The second kappa shape index (κ2) is 9.87. The maximum atomic E-state index is 5.45. The van der Waals surface area contributed by atoms with Gasteiger partial charge < -0.3 is 19.5 Å². The third-order valence-electron chi connectivity index (χ3n) is 5.09. The van der Waals surface area contributed by atoms with Gasteiger partial charge in [0.1, 0.15) is 11.6 Å². The first-order valence-electron chi connectivity index (χ1n) is 10.3. The van der Waals surface area contributed by atoms with Crippen LogP contribution < -0.4 is 19.5 Å². The van der Waals surface area contributed by atoms with Gasteiger partial charge in [0.05, 0.1) is 27.0 Å². The molecule has 0 aliphatic rings. The molecule has 7 heteroatoms. The molecule has 0 aliphatic heterocycles. The third kappa shape index (κ3) is 4.83. The van der Waals surface area contributed by atoms with Crippen LogP contribution in [0.3, 0.4) is 0 Å². The van der Waals surface area contributed by atoms with E-state index >= 15 is 0 Å². The highest BCUT2D eigenvalue weighted by Gasteiger charge is 2.14. The van der Waals surface area contributed by atoms with Crippen molar-refractivity contribution in [2.45, 2.75) is 13.0 Å². The van der Waals surface area contributed by atoms with Gasteiger partial charge in [-0.25, -0.2) is 4.68 Å². The Morgan fingerprint density at radius 3 is 2.19 bits per heavy atom. The lowest BCUT2D eigenvalue weighted by molar-refractivity contribution is 0.354. The minimum Gasteiger partial charge on any atom is -0.497 e. The van der Waals surface area contributed by atoms with Crippen LogP contribution in [-0.2, 0) is 13.0 Å². The molecule has 0 saturated carbocycles. The fraction of sp³-hybridized carbons (Fsp3) is 0.200. The van der Waals surface area contributed by atoms with Crippen molar-refractivity contribution >= 4 is 5.95 Å². The lowest BCUT2D eigenvalue weighted by atomic mass is 10.1. The normalized spacial score (nSPS) is 10.6. The first-order valence-corrected chi connectivity index (χ1v) is 10.3. The van der Waals surface area contributed by atoms with Gasteiger partial charge in [0.2, 0.25) is 5.95 Å². The summed E-state index contributed by atoms with van der Waals surface area (Å²) in [5.41, 5.74) is 3.12. The smallest absolute Gasteiger partial charge is 0.243 e. The lowest BCUT2D eigenvalue weighted by Gasteiger charge is -2.10. The molecular formula is C25H26N4O3. The number of methoxy groups -OCH3 is 3. The number of benzene rings is 3. The van der Waals surface area contributed by atoms with Gasteiger partial charge in [-0.3, -0.25) is 0 Å². The van der Waals surface area contributed by atoms with E-state index in [0.717, 1.165) is 28.4 Å². The number of ether oxygens (including phenoxy) is 3. The predicted octanol–water partition coefficient (Wildman–Crippen LogP) is 4.50. The Morgan fingerprint density at radius 1 is 0.781 bits per heavy atom. The van der Waals surface area contributed by atoms with Gasteiger partial charge >= 0.3 is 0 Å². The number of hydrogen-bond donors (Lipinski definition) is 1. The molecule has 7 nitrogen and oxygen atoms in total. The van der Waals surface area contributed by atoms with Gasteiger partial charge in [-0.05, 0) is 47.5 Å². The Kier molecular flexibility index (Phi) is 6.55. The summed E-state index contributed by atoms with van der Waals surface area (Å²) in [5.74, 6) is 3.61. The van der Waals surface area contributed by atoms with Crippen LogP contribution in [0, 0.1) is 0 Å². The van der Waals surface area contributed by atoms with Gasteiger partial charge in [-0.1, -0.05) is 36.4 Å². The molecule has 0 atom stereocenters. The van der Waals surface area contributed by atoms with Crippen LogP contribution in [0.15, 0.2) is 72.8 Å². The molecule has 0 aliphatic carbocycles. The Balaban J connectivity index is 1.59. The summed E-state index contributed by atoms with van der Waals surface area (Å²) in [4.78, 5) is 4.77. The molecule has 4 aromatic rings. The number of nitrogens with one attached hydrogen (secondary N) is 1. The molecule has 0 fully saturated rings. The zero-order valence-electron chi connectivity index (χ0n) is 18.4. The molecule has 1 N–H and O–H groups in total. The highest BCUT2D eigenvalue weighted by Crippen LogP contribution is 2.28. The summed E-state index contributed by atoms with van der Waals surface area (Å²) in [7, 11) is 4.92. The van der Waals surface area contributed by atoms with E-state index in [4.69, 9.17) is 24.3 Å². The second-order valence-corrected chi connectivity index (χ2v) is 7.17. The maximum Gasteiger partial charge on any atom is 0.243 e. The zero-order chi connectivity index (χ0) is 22.3. The molecule has 0 saturated heterocycles. The fourth-order valence-corrected chi connectivity index (χ4v) is 3.41. The number of rotatable bonds is 9. The minimum absolute atomic E-state index is 0.570. The standard InChI is InChI=1S/C25H26N4O3/c1-30-21-12-9-18(10-13-21)17-26-25-27-24(29(28-25)20-7-5-4-6-8-20)16-19-11-14-22(31-2)23(15-19)32-3/h4-15H,16-17H2,1-3H3,(H,26,28). The third-order valence-corrected chi connectivity index (χ3v) is 5.09. The molecule has 1 aromatic heterocycles. The molecule has 1 heterocycles. The van der Waals surface area contributed by atoms with Crippen molar-refractivity contribution in [1.82, 2.24) is 14.8 Å². The van der Waals surface area contributed by atoms with Gasteiger partial charge in [0.15, 0.2) is 11.5 Å². The van der Waals surface area contributed by atoms with Crippen molar-refractivity contribution in [3.63, 3.8) is 0 Å². The molecule has 0 spiro atoms. The molecule has 4 rings (SSSR count). The molecule has 0 radical (unpaired) electrons. The average molecular weight is 431 g/mol. The second-order valence-electron chi connectivity index (χ2n) is 7.17. The van der Waals surface area contributed by atoms with Crippen molar-refractivity contribution < 1.29 is 14.2 Å². The van der Waals surface area contributed by atoms with E-state index < -0.39 is 0 Å². The predicted molar refractivity (Wildman–Crippen MR) is 124 cm³/mol. The SMILES string of the molecule is COc1ccc(CNc2nc(Cc3ccc(OC)c(OC)c3)n(-c3ccccc3)n2)cc1. The topological polar surface area (TPSA) is 70.4 Å². The van der Waals surface area contributed by atoms with Crippen LogP contribution in [0.2, 0.25) is 0 Å². The quantitative estimate of drug-likeness (QED) is 0.422. The Morgan fingerprint density at radius 2 is 1.50 bits per heavy atom. The van der Waals surface area contributed by atoms with E-state index in [-0.39, 0.29) is 0 Å². The molecule has 0 amide bonds. The Labute approximate surface area is 187 Å². The van der Waals surface area contributed by atoms with Crippen molar-refractivity contribution in [2.75, 3.05) is 26.6 Å². The van der Waals surface area contributed by atoms with Crippen molar-refractivity contribution in [1.29, 1.82) is 0 Å². The average Bonchev–Trinajstić information content (AvgIpc) is 3.26. The van der Waals surface area contributed by atoms with Gasteiger partial charge in [-0.2, -0.15) is 4.98 Å². The van der Waals surface area contributed by atoms with Gasteiger partial charge in [-0.15, -0.1) is 5.10 Å². The van der Waals surface area contributed by atoms with Crippen molar-refractivity contribution in [2.24, 2.45) is 0 Å². The summed E-state index contributed by atoms with van der Waals surface area (Å²) >= 11 is 0. The first-order chi connectivity index (χ1) is 15.7. The summed E-state index contributed by atoms with van der Waals surface area (Å²) in [6.45, 7) is 0.610. The van der Waals surface area contributed by atoms with E-state index in [0.29, 0.717) is 30.4 Å². The maximum absolute atomic E-state index is 5.45. The highest BCUT2D eigenvalue weighted by molar-refractivity contribution is 5.44. The van der Waals surface area contributed by atoms with Crippen LogP contribution in [-0.4, -0.2) is 36.1 Å². The zero-order valence-corrected chi connectivity index (χ0v) is 18.4. The molecule has 32 heavy (non-hydrogen) atoms. The van der Waals surface area contributed by atoms with Crippen LogP contribution in [0.5, 0.6) is 17.2 Å². The van der Waals surface area contributed by atoms with Gasteiger partial charge in [0, 0.05) is 13.0 Å². The van der Waals surface area contributed by atoms with Crippen molar-refractivity contribution in [3.8, 4) is 22.9 Å². The molecule has 164 valence electrons. The van der Waals surface area contributed by atoms with E-state index in [2.05, 4.69) is 5.32 Å². The Hall–Kier alpha value is -4.00. The lowest BCUT2D eigenvalue weighted by Crippen LogP contribution is -2.04. The number of hydrogen-bond acceptors (Lipinski definition) is 6. The van der Waals surface area contributed by atoms with Crippen LogP contribution in [0.1, 0.15) is 17.0 Å².